The smallest absolute Gasteiger partial charge is 0.227 e. The van der Waals surface area contributed by atoms with Gasteiger partial charge in [-0.15, -0.1) is 10.2 Å². The third-order valence-electron chi connectivity index (χ3n) is 5.19. The van der Waals surface area contributed by atoms with Crippen molar-refractivity contribution in [2.75, 3.05) is 23.3 Å². The Morgan fingerprint density at radius 1 is 1.00 bits per heavy atom. The highest BCUT2D eigenvalue weighted by Gasteiger charge is 2.26. The molecule has 1 aliphatic heterocycles. The number of amides is 1. The fourth-order valence-electron chi connectivity index (χ4n) is 3.47. The van der Waals surface area contributed by atoms with Crippen LogP contribution >= 0.6 is 23.2 Å². The SMILES string of the molecule is O=C(Nc1cccc(Cl)c1Cl)C1CCN(c2ccc(-c3ccc(F)cc3)nn2)CC1. The predicted octanol–water partition coefficient (Wildman–Crippen LogP) is 5.44. The molecule has 0 radical (unpaired) electrons. The summed E-state index contributed by atoms with van der Waals surface area (Å²) in [5, 5.41) is 12.2. The topological polar surface area (TPSA) is 58.1 Å². The van der Waals surface area contributed by atoms with Gasteiger partial charge in [-0.3, -0.25) is 4.79 Å². The number of aromatic nitrogens is 2. The first-order chi connectivity index (χ1) is 14.5. The summed E-state index contributed by atoms with van der Waals surface area (Å²) < 4.78 is 13.1. The number of piperidine rings is 1. The van der Waals surface area contributed by atoms with Crippen LogP contribution in [0.3, 0.4) is 0 Å². The van der Waals surface area contributed by atoms with Crippen molar-refractivity contribution in [1.29, 1.82) is 0 Å². The van der Waals surface area contributed by atoms with Crippen molar-refractivity contribution in [1.82, 2.24) is 10.2 Å². The minimum atomic E-state index is -0.284. The molecule has 1 amide bonds. The number of benzene rings is 2. The van der Waals surface area contributed by atoms with Gasteiger partial charge in [-0.2, -0.15) is 0 Å². The molecule has 3 aromatic rings. The molecule has 0 bridgehead atoms. The van der Waals surface area contributed by atoms with Gasteiger partial charge >= 0.3 is 0 Å². The Hall–Kier alpha value is -2.70. The van der Waals surface area contributed by atoms with E-state index in [9.17, 15) is 9.18 Å². The normalized spacial score (nSPS) is 14.6. The van der Waals surface area contributed by atoms with E-state index in [4.69, 9.17) is 23.2 Å². The number of carbonyl (C=O) groups is 1. The number of carbonyl (C=O) groups excluding carboxylic acids is 1. The summed E-state index contributed by atoms with van der Waals surface area (Å²) in [5.41, 5.74) is 2.02. The molecule has 4 rings (SSSR count). The molecule has 0 saturated carbocycles. The van der Waals surface area contributed by atoms with Crippen LogP contribution < -0.4 is 10.2 Å². The number of nitrogens with zero attached hydrogens (tertiary/aromatic N) is 3. The Bertz CT molecular complexity index is 1040. The van der Waals surface area contributed by atoms with E-state index < -0.39 is 0 Å². The average molecular weight is 445 g/mol. The minimum Gasteiger partial charge on any atom is -0.355 e. The molecule has 0 aliphatic carbocycles. The Kier molecular flexibility index (Phi) is 6.16. The zero-order chi connectivity index (χ0) is 21.1. The number of anilines is 2. The Balaban J connectivity index is 1.35. The van der Waals surface area contributed by atoms with Gasteiger partial charge in [0, 0.05) is 24.6 Å². The van der Waals surface area contributed by atoms with E-state index in [0.717, 1.165) is 11.4 Å². The highest BCUT2D eigenvalue weighted by atomic mass is 35.5. The third kappa shape index (κ3) is 4.55. The second-order valence-electron chi connectivity index (χ2n) is 7.14. The van der Waals surface area contributed by atoms with Crippen LogP contribution in [0.2, 0.25) is 10.0 Å². The molecule has 1 aromatic heterocycles. The third-order valence-corrected chi connectivity index (χ3v) is 6.01. The van der Waals surface area contributed by atoms with Gasteiger partial charge in [-0.1, -0.05) is 29.3 Å². The van der Waals surface area contributed by atoms with Crippen LogP contribution in [-0.4, -0.2) is 29.2 Å². The van der Waals surface area contributed by atoms with Crippen molar-refractivity contribution in [3.63, 3.8) is 0 Å². The van der Waals surface area contributed by atoms with Gasteiger partial charge in [0.05, 0.1) is 21.4 Å². The zero-order valence-electron chi connectivity index (χ0n) is 16.0. The highest BCUT2D eigenvalue weighted by Crippen LogP contribution is 2.31. The van der Waals surface area contributed by atoms with E-state index in [2.05, 4.69) is 20.4 Å². The molecule has 8 heteroatoms. The summed E-state index contributed by atoms with van der Waals surface area (Å²) >= 11 is 12.2. The molecule has 1 fully saturated rings. The molecule has 30 heavy (non-hydrogen) atoms. The number of halogens is 3. The highest BCUT2D eigenvalue weighted by molar-refractivity contribution is 6.44. The molecule has 1 N–H and O–H groups in total. The van der Waals surface area contributed by atoms with Gasteiger partial charge in [-0.05, 0) is 61.4 Å². The second-order valence-corrected chi connectivity index (χ2v) is 7.92. The summed E-state index contributed by atoms with van der Waals surface area (Å²) in [6.45, 7) is 1.40. The van der Waals surface area contributed by atoms with Crippen molar-refractivity contribution >= 4 is 40.6 Å². The molecule has 5 nitrogen and oxygen atoms in total. The van der Waals surface area contributed by atoms with E-state index in [0.29, 0.717) is 47.4 Å². The first-order valence-electron chi connectivity index (χ1n) is 9.61. The van der Waals surface area contributed by atoms with Crippen molar-refractivity contribution in [3.8, 4) is 11.3 Å². The summed E-state index contributed by atoms with van der Waals surface area (Å²) in [5.74, 6) is 0.310. The van der Waals surface area contributed by atoms with Gasteiger partial charge in [0.15, 0.2) is 5.82 Å². The zero-order valence-corrected chi connectivity index (χ0v) is 17.5. The van der Waals surface area contributed by atoms with E-state index >= 15 is 0 Å². The maximum absolute atomic E-state index is 13.1. The molecule has 2 heterocycles. The van der Waals surface area contributed by atoms with E-state index in [1.165, 1.54) is 12.1 Å². The Morgan fingerprint density at radius 3 is 2.40 bits per heavy atom. The lowest BCUT2D eigenvalue weighted by Crippen LogP contribution is -2.38. The lowest BCUT2D eigenvalue weighted by molar-refractivity contribution is -0.120. The van der Waals surface area contributed by atoms with Gasteiger partial charge in [0.25, 0.3) is 0 Å². The summed E-state index contributed by atoms with van der Waals surface area (Å²) in [7, 11) is 0. The lowest BCUT2D eigenvalue weighted by Gasteiger charge is -2.31. The first-order valence-corrected chi connectivity index (χ1v) is 10.4. The summed E-state index contributed by atoms with van der Waals surface area (Å²) in [6.07, 6.45) is 1.40. The van der Waals surface area contributed by atoms with Crippen LogP contribution in [0.15, 0.2) is 54.6 Å². The van der Waals surface area contributed by atoms with E-state index in [1.54, 1.807) is 30.3 Å². The van der Waals surface area contributed by atoms with E-state index in [-0.39, 0.29) is 17.6 Å². The van der Waals surface area contributed by atoms with Gasteiger partial charge < -0.3 is 10.2 Å². The van der Waals surface area contributed by atoms with Crippen molar-refractivity contribution in [2.24, 2.45) is 5.92 Å². The minimum absolute atomic E-state index is 0.0587. The number of nitrogens with one attached hydrogen (secondary N) is 1. The largest absolute Gasteiger partial charge is 0.355 e. The van der Waals surface area contributed by atoms with Crippen LogP contribution in [0.4, 0.5) is 15.9 Å². The molecule has 0 spiro atoms. The number of rotatable bonds is 4. The van der Waals surface area contributed by atoms with Crippen molar-refractivity contribution in [2.45, 2.75) is 12.8 Å². The fourth-order valence-corrected chi connectivity index (χ4v) is 3.82. The maximum atomic E-state index is 13.1. The predicted molar refractivity (Wildman–Crippen MR) is 117 cm³/mol. The molecular formula is C22H19Cl2FN4O. The second kappa shape index (κ2) is 8.98. The first kappa shape index (κ1) is 20.6. The van der Waals surface area contributed by atoms with Crippen LogP contribution in [0.25, 0.3) is 11.3 Å². The van der Waals surface area contributed by atoms with Gasteiger partial charge in [0.2, 0.25) is 5.91 Å². The standard InChI is InChI=1S/C22H19Cl2FN4O/c23-17-2-1-3-19(21(17)24)26-22(30)15-10-12-29(13-11-15)20-9-8-18(27-28-20)14-4-6-16(25)7-5-14/h1-9,15H,10-13H2,(H,26,30). The molecule has 1 aliphatic rings. The molecule has 1 saturated heterocycles. The quantitative estimate of drug-likeness (QED) is 0.581. The molecule has 0 unspecified atom stereocenters. The number of hydrogen-bond donors (Lipinski definition) is 1. The van der Waals surface area contributed by atoms with Gasteiger partial charge in [0.1, 0.15) is 5.82 Å². The summed E-state index contributed by atoms with van der Waals surface area (Å²) in [4.78, 5) is 14.7. The van der Waals surface area contributed by atoms with Crippen LogP contribution in [-0.2, 0) is 4.79 Å². The van der Waals surface area contributed by atoms with Crippen molar-refractivity contribution in [3.05, 3.63) is 70.5 Å². The average Bonchev–Trinajstić information content (AvgIpc) is 2.78. The lowest BCUT2D eigenvalue weighted by atomic mass is 9.95. The molecule has 2 aromatic carbocycles. The van der Waals surface area contributed by atoms with Gasteiger partial charge in [-0.25, -0.2) is 4.39 Å². The number of hydrogen-bond acceptors (Lipinski definition) is 4. The Labute approximate surface area is 183 Å². The van der Waals surface area contributed by atoms with Crippen LogP contribution in [0.1, 0.15) is 12.8 Å². The molecular weight excluding hydrogens is 426 g/mol. The molecule has 0 atom stereocenters. The summed E-state index contributed by atoms with van der Waals surface area (Å²) in [6, 6.07) is 15.1. The van der Waals surface area contributed by atoms with Crippen LogP contribution in [0, 0.1) is 11.7 Å². The fraction of sp³-hybridized carbons (Fsp3) is 0.227. The monoisotopic (exact) mass is 444 g/mol. The Morgan fingerprint density at radius 2 is 1.73 bits per heavy atom. The van der Waals surface area contributed by atoms with Crippen molar-refractivity contribution < 1.29 is 9.18 Å². The van der Waals surface area contributed by atoms with E-state index in [1.807, 2.05) is 12.1 Å². The van der Waals surface area contributed by atoms with Crippen LogP contribution in [0.5, 0.6) is 0 Å². The molecule has 154 valence electrons. The maximum Gasteiger partial charge on any atom is 0.227 e.